The van der Waals surface area contributed by atoms with Crippen LogP contribution in [0.25, 0.3) is 10.4 Å². The quantitative estimate of drug-likeness (QED) is 0.268. The van der Waals surface area contributed by atoms with E-state index in [4.69, 9.17) is 14.2 Å². The van der Waals surface area contributed by atoms with Gasteiger partial charge >= 0.3 is 12.1 Å². The molecule has 4 heterocycles. The second-order valence-electron chi connectivity index (χ2n) is 7.85. The van der Waals surface area contributed by atoms with Crippen molar-refractivity contribution in [2.75, 3.05) is 12.9 Å². The van der Waals surface area contributed by atoms with Crippen molar-refractivity contribution in [1.82, 2.24) is 14.3 Å². The molecule has 2 aromatic rings. The van der Waals surface area contributed by atoms with E-state index in [2.05, 4.69) is 4.98 Å². The van der Waals surface area contributed by atoms with E-state index in [0.29, 0.717) is 5.57 Å². The molecule has 1 fully saturated rings. The number of aliphatic hydroxyl groups is 1. The SMILES string of the molecule is CCOC(=O)OC(C)OC(=O)C1=C(c2cn3cnc(SC)c3s2)[C@H](C)[C@@H]2[C@@H]([C@@H](C)O)C(=O)N12. The fraction of sp³-hybridized carbons (Fsp3) is 0.524. The van der Waals surface area contributed by atoms with Crippen LogP contribution in [-0.4, -0.2) is 68.7 Å². The first-order valence-electron chi connectivity index (χ1n) is 10.5. The zero-order valence-electron chi connectivity index (χ0n) is 18.8. The Kier molecular flexibility index (Phi) is 6.43. The molecule has 0 saturated carbocycles. The number of ether oxygens (including phenoxy) is 3. The van der Waals surface area contributed by atoms with Crippen LogP contribution in [0, 0.1) is 11.8 Å². The number of hydrogen-bond acceptors (Lipinski definition) is 10. The van der Waals surface area contributed by atoms with E-state index in [9.17, 15) is 19.5 Å². The van der Waals surface area contributed by atoms with E-state index in [1.165, 1.54) is 34.9 Å². The Morgan fingerprint density at radius 2 is 2.06 bits per heavy atom. The number of fused-ring (bicyclic) bond motifs is 2. The van der Waals surface area contributed by atoms with Gasteiger partial charge in [-0.1, -0.05) is 6.92 Å². The molecule has 2 aliphatic rings. The Morgan fingerprint density at radius 3 is 2.70 bits per heavy atom. The van der Waals surface area contributed by atoms with Gasteiger partial charge in [-0.3, -0.25) is 9.20 Å². The van der Waals surface area contributed by atoms with E-state index < -0.39 is 30.4 Å². The minimum Gasteiger partial charge on any atom is -0.435 e. The number of aliphatic hydroxyl groups excluding tert-OH is 1. The number of amides is 1. The molecule has 10 nitrogen and oxygen atoms in total. The van der Waals surface area contributed by atoms with Gasteiger partial charge in [0.1, 0.15) is 21.9 Å². The molecule has 0 aliphatic carbocycles. The Morgan fingerprint density at radius 1 is 1.33 bits per heavy atom. The van der Waals surface area contributed by atoms with E-state index in [1.807, 2.05) is 23.8 Å². The standard InChI is InChI=1S/C21H25N3O7S2/c1-6-29-21(28)31-11(4)30-20(27)16-13(9(2)15-14(10(3)25)18(26)24(15)16)12-7-23-8-22-17(32-5)19(23)33-12/h7-11,14-15,25H,6H2,1-5H3/t9-,10+,11?,14+,15+/m0/s1. The molecule has 4 rings (SSSR count). The van der Waals surface area contributed by atoms with Crippen molar-refractivity contribution in [3.63, 3.8) is 0 Å². The average molecular weight is 496 g/mol. The monoisotopic (exact) mass is 495 g/mol. The molecule has 1 unspecified atom stereocenters. The minimum absolute atomic E-state index is 0.108. The summed E-state index contributed by atoms with van der Waals surface area (Å²) in [6, 6.07) is -0.365. The lowest BCUT2D eigenvalue weighted by Gasteiger charge is -2.46. The van der Waals surface area contributed by atoms with Crippen molar-refractivity contribution < 1.29 is 33.7 Å². The smallest absolute Gasteiger partial charge is 0.435 e. The molecule has 0 bridgehead atoms. The summed E-state index contributed by atoms with van der Waals surface area (Å²) in [5.74, 6) is -1.95. The molecule has 5 atom stereocenters. The summed E-state index contributed by atoms with van der Waals surface area (Å²) < 4.78 is 16.9. The molecule has 1 saturated heterocycles. The highest BCUT2D eigenvalue weighted by Gasteiger charge is 2.60. The predicted octanol–water partition coefficient (Wildman–Crippen LogP) is 2.75. The fourth-order valence-corrected chi connectivity index (χ4v) is 6.36. The van der Waals surface area contributed by atoms with Crippen LogP contribution in [0.2, 0.25) is 0 Å². The number of hydrogen-bond donors (Lipinski definition) is 1. The number of rotatable bonds is 7. The number of aromatic nitrogens is 2. The van der Waals surface area contributed by atoms with Crippen LogP contribution in [0.1, 0.15) is 32.6 Å². The topological polar surface area (TPSA) is 120 Å². The third kappa shape index (κ3) is 3.89. The second-order valence-corrected chi connectivity index (χ2v) is 9.68. The van der Waals surface area contributed by atoms with Crippen LogP contribution in [0.15, 0.2) is 23.2 Å². The Balaban J connectivity index is 1.71. The van der Waals surface area contributed by atoms with E-state index in [0.717, 1.165) is 14.7 Å². The molecule has 0 spiro atoms. The summed E-state index contributed by atoms with van der Waals surface area (Å²) >= 11 is 2.98. The van der Waals surface area contributed by atoms with Crippen molar-refractivity contribution >= 4 is 51.5 Å². The number of carbonyl (C=O) groups is 3. The molecule has 178 valence electrons. The van der Waals surface area contributed by atoms with E-state index in [-0.39, 0.29) is 30.2 Å². The van der Waals surface area contributed by atoms with Crippen molar-refractivity contribution in [3.8, 4) is 0 Å². The van der Waals surface area contributed by atoms with Crippen LogP contribution < -0.4 is 0 Å². The zero-order valence-corrected chi connectivity index (χ0v) is 20.4. The highest BCUT2D eigenvalue weighted by molar-refractivity contribution is 7.98. The van der Waals surface area contributed by atoms with Gasteiger partial charge in [-0.05, 0) is 20.1 Å². The van der Waals surface area contributed by atoms with Crippen LogP contribution >= 0.6 is 23.1 Å². The fourth-order valence-electron chi connectivity index (χ4n) is 4.44. The maximum atomic E-state index is 13.2. The first kappa shape index (κ1) is 23.6. The van der Waals surface area contributed by atoms with Gasteiger partial charge in [0.2, 0.25) is 12.2 Å². The summed E-state index contributed by atoms with van der Waals surface area (Å²) in [5.41, 5.74) is 0.766. The maximum absolute atomic E-state index is 13.2. The zero-order chi connectivity index (χ0) is 24.0. The lowest BCUT2D eigenvalue weighted by atomic mass is 9.77. The Hall–Kier alpha value is -2.57. The third-order valence-electron chi connectivity index (χ3n) is 5.80. The normalized spacial score (nSPS) is 23.9. The molecule has 33 heavy (non-hydrogen) atoms. The largest absolute Gasteiger partial charge is 0.511 e. The lowest BCUT2D eigenvalue weighted by Crippen LogP contribution is -2.63. The first-order chi connectivity index (χ1) is 15.7. The highest BCUT2D eigenvalue weighted by atomic mass is 32.2. The molecule has 2 aromatic heterocycles. The first-order valence-corrected chi connectivity index (χ1v) is 12.5. The molecular weight excluding hydrogens is 470 g/mol. The Bertz CT molecular complexity index is 1140. The van der Waals surface area contributed by atoms with Gasteiger partial charge < -0.3 is 24.2 Å². The number of carbonyl (C=O) groups excluding carboxylic acids is 3. The summed E-state index contributed by atoms with van der Waals surface area (Å²) in [6.45, 7) is 6.65. The number of thioether (sulfide) groups is 1. The van der Waals surface area contributed by atoms with Gasteiger partial charge in [0.25, 0.3) is 0 Å². The molecular formula is C21H25N3O7S2. The second kappa shape index (κ2) is 8.99. The summed E-state index contributed by atoms with van der Waals surface area (Å²) in [6.07, 6.45) is 2.49. The highest BCUT2D eigenvalue weighted by Crippen LogP contribution is 2.52. The van der Waals surface area contributed by atoms with Gasteiger partial charge in [0.05, 0.1) is 29.5 Å². The number of esters is 1. The van der Waals surface area contributed by atoms with Crippen LogP contribution in [-0.2, 0) is 23.8 Å². The number of thiazole rings is 1. The van der Waals surface area contributed by atoms with Crippen LogP contribution in [0.5, 0.6) is 0 Å². The van der Waals surface area contributed by atoms with Gasteiger partial charge in [-0.15, -0.1) is 23.1 Å². The van der Waals surface area contributed by atoms with Crippen molar-refractivity contribution in [2.24, 2.45) is 11.8 Å². The lowest BCUT2D eigenvalue weighted by molar-refractivity contribution is -0.173. The summed E-state index contributed by atoms with van der Waals surface area (Å²) in [4.78, 5) is 45.2. The number of nitrogens with zero attached hydrogens (tertiary/aromatic N) is 3. The van der Waals surface area contributed by atoms with Crippen molar-refractivity contribution in [2.45, 2.75) is 51.2 Å². The molecule has 0 radical (unpaired) electrons. The van der Waals surface area contributed by atoms with E-state index >= 15 is 0 Å². The van der Waals surface area contributed by atoms with Crippen LogP contribution in [0.4, 0.5) is 4.79 Å². The number of β-lactam (4-membered cyclic amide) rings is 1. The summed E-state index contributed by atoms with van der Waals surface area (Å²) in [7, 11) is 0. The van der Waals surface area contributed by atoms with Gasteiger partial charge in [0.15, 0.2) is 0 Å². The molecule has 1 N–H and O–H groups in total. The summed E-state index contributed by atoms with van der Waals surface area (Å²) in [5, 5.41) is 11.0. The van der Waals surface area contributed by atoms with Gasteiger partial charge in [-0.2, -0.15) is 0 Å². The Labute approximate surface area is 198 Å². The maximum Gasteiger partial charge on any atom is 0.511 e. The minimum atomic E-state index is -1.21. The third-order valence-corrected chi connectivity index (χ3v) is 7.76. The molecule has 0 aromatic carbocycles. The predicted molar refractivity (Wildman–Crippen MR) is 120 cm³/mol. The van der Waals surface area contributed by atoms with Gasteiger partial charge in [-0.25, -0.2) is 14.6 Å². The van der Waals surface area contributed by atoms with Crippen molar-refractivity contribution in [1.29, 1.82) is 0 Å². The molecule has 1 amide bonds. The number of imidazole rings is 1. The van der Waals surface area contributed by atoms with Crippen molar-refractivity contribution in [3.05, 3.63) is 23.1 Å². The molecule has 2 aliphatic heterocycles. The molecule has 12 heteroatoms. The van der Waals surface area contributed by atoms with Gasteiger partial charge in [0, 0.05) is 24.6 Å². The van der Waals surface area contributed by atoms with E-state index in [1.54, 1.807) is 20.2 Å². The average Bonchev–Trinajstić information content (AvgIpc) is 3.37. The van der Waals surface area contributed by atoms with Crippen LogP contribution in [0.3, 0.4) is 0 Å².